The molecule has 0 bridgehead atoms. The maximum atomic E-state index is 13.7. The van der Waals surface area contributed by atoms with E-state index in [9.17, 15) is 24.3 Å². The second-order valence-corrected chi connectivity index (χ2v) is 9.13. The van der Waals surface area contributed by atoms with Gasteiger partial charge in [-0.1, -0.05) is 54.6 Å². The van der Waals surface area contributed by atoms with Crippen LogP contribution in [0.3, 0.4) is 0 Å². The zero-order valence-corrected chi connectivity index (χ0v) is 21.3. The fraction of sp³-hybridized carbons (Fsp3) is 0.179. The number of hydrazine groups is 1. The highest BCUT2D eigenvalue weighted by atomic mass is 16.5. The molecule has 39 heavy (non-hydrogen) atoms. The number of amidine groups is 1. The molecule has 1 aliphatic heterocycles. The first kappa shape index (κ1) is 26.9. The van der Waals surface area contributed by atoms with Gasteiger partial charge in [-0.2, -0.15) is 5.01 Å². The normalized spacial score (nSPS) is 17.3. The molecular weight excluding hydrogens is 502 g/mol. The van der Waals surface area contributed by atoms with Crippen LogP contribution >= 0.6 is 0 Å². The summed E-state index contributed by atoms with van der Waals surface area (Å²) in [6.45, 7) is 2.63. The number of carboxylic acids is 1. The SMILES string of the molecule is CC(=O)N([C@H](CC(=O)O)c1cccc(Oc2ccccc2)c1)N1C(=O)N[C@](C)(c2ccc(C(=N)N)cc2)C1=O. The van der Waals surface area contributed by atoms with Crippen LogP contribution in [0.25, 0.3) is 0 Å². The van der Waals surface area contributed by atoms with Crippen LogP contribution in [0.1, 0.15) is 43.0 Å². The Morgan fingerprint density at radius 2 is 1.69 bits per heavy atom. The Kier molecular flexibility index (Phi) is 7.34. The number of nitrogens with zero attached hydrogens (tertiary/aromatic N) is 2. The molecule has 0 radical (unpaired) electrons. The van der Waals surface area contributed by atoms with Crippen LogP contribution in [-0.2, 0) is 19.9 Å². The Hall–Kier alpha value is -5.19. The van der Waals surface area contributed by atoms with E-state index in [1.165, 1.54) is 6.92 Å². The van der Waals surface area contributed by atoms with Gasteiger partial charge in [-0.25, -0.2) is 9.80 Å². The average Bonchev–Trinajstić information content (AvgIpc) is 3.13. The number of rotatable bonds is 9. The topological polar surface area (TPSA) is 166 Å². The van der Waals surface area contributed by atoms with Gasteiger partial charge in [0.25, 0.3) is 5.91 Å². The first-order valence-electron chi connectivity index (χ1n) is 12.0. The van der Waals surface area contributed by atoms with Crippen molar-refractivity contribution < 1.29 is 29.0 Å². The van der Waals surface area contributed by atoms with E-state index in [0.717, 1.165) is 11.9 Å². The van der Waals surface area contributed by atoms with Gasteiger partial charge in [0, 0.05) is 12.5 Å². The Balaban J connectivity index is 1.72. The number of carbonyl (C=O) groups excluding carboxylic acids is 3. The quantitative estimate of drug-likeness (QED) is 0.187. The standard InChI is InChI=1S/C28H27N5O6/c1-17(34)32(33-26(37)28(2,31-27(33)38)20-13-11-18(12-14-20)25(29)30)23(16-24(35)36)19-7-6-10-22(15-19)39-21-8-4-3-5-9-21/h3-15,23H,16H2,1-2H3,(H3,29,30)(H,31,38)(H,35,36)/t23-,28-/m1/s1. The van der Waals surface area contributed by atoms with Crippen molar-refractivity contribution in [3.05, 3.63) is 95.6 Å². The Labute approximate surface area is 224 Å². The van der Waals surface area contributed by atoms with Gasteiger partial charge in [0.1, 0.15) is 22.9 Å². The summed E-state index contributed by atoms with van der Waals surface area (Å²) in [6, 6.07) is 19.5. The second kappa shape index (κ2) is 10.7. The van der Waals surface area contributed by atoms with Gasteiger partial charge in [-0.15, -0.1) is 0 Å². The van der Waals surface area contributed by atoms with Gasteiger partial charge in [-0.05, 0) is 42.3 Å². The fourth-order valence-corrected chi connectivity index (χ4v) is 4.42. The Morgan fingerprint density at radius 1 is 1.05 bits per heavy atom. The summed E-state index contributed by atoms with van der Waals surface area (Å²) in [6.07, 6.45) is -0.588. The largest absolute Gasteiger partial charge is 0.481 e. The van der Waals surface area contributed by atoms with Crippen molar-refractivity contribution >= 4 is 29.7 Å². The minimum Gasteiger partial charge on any atom is -0.481 e. The van der Waals surface area contributed by atoms with E-state index >= 15 is 0 Å². The van der Waals surface area contributed by atoms with Gasteiger partial charge >= 0.3 is 12.0 Å². The molecule has 0 aliphatic carbocycles. The van der Waals surface area contributed by atoms with Crippen LogP contribution in [0.2, 0.25) is 0 Å². The minimum absolute atomic E-state index is 0.159. The molecule has 11 nitrogen and oxygen atoms in total. The zero-order valence-electron chi connectivity index (χ0n) is 21.3. The molecule has 0 unspecified atom stereocenters. The fourth-order valence-electron chi connectivity index (χ4n) is 4.42. The van der Waals surface area contributed by atoms with Gasteiger partial charge in [0.15, 0.2) is 0 Å². The smallest absolute Gasteiger partial charge is 0.344 e. The third-order valence-corrected chi connectivity index (χ3v) is 6.37. The van der Waals surface area contributed by atoms with Crippen molar-refractivity contribution in [1.82, 2.24) is 15.3 Å². The highest BCUT2D eigenvalue weighted by Crippen LogP contribution is 2.36. The molecule has 0 saturated carbocycles. The van der Waals surface area contributed by atoms with Gasteiger partial charge < -0.3 is 20.9 Å². The van der Waals surface area contributed by atoms with E-state index in [1.807, 2.05) is 6.07 Å². The molecule has 1 saturated heterocycles. The number of ether oxygens (including phenoxy) is 1. The van der Waals surface area contributed by atoms with Crippen LogP contribution in [0, 0.1) is 5.41 Å². The number of urea groups is 1. The molecule has 0 aromatic heterocycles. The van der Waals surface area contributed by atoms with Crippen molar-refractivity contribution in [2.24, 2.45) is 5.73 Å². The van der Waals surface area contributed by atoms with E-state index in [0.29, 0.717) is 33.2 Å². The van der Waals surface area contributed by atoms with Crippen molar-refractivity contribution in [2.45, 2.75) is 31.8 Å². The molecule has 5 N–H and O–H groups in total. The molecule has 1 aliphatic rings. The maximum absolute atomic E-state index is 13.7. The molecule has 3 aromatic carbocycles. The van der Waals surface area contributed by atoms with E-state index in [2.05, 4.69) is 5.32 Å². The van der Waals surface area contributed by atoms with E-state index < -0.39 is 41.8 Å². The summed E-state index contributed by atoms with van der Waals surface area (Å²) >= 11 is 0. The molecule has 1 heterocycles. The van der Waals surface area contributed by atoms with Crippen molar-refractivity contribution in [3.8, 4) is 11.5 Å². The first-order chi connectivity index (χ1) is 18.5. The van der Waals surface area contributed by atoms with Crippen LogP contribution in [0.15, 0.2) is 78.9 Å². The van der Waals surface area contributed by atoms with Crippen LogP contribution in [0.5, 0.6) is 11.5 Å². The lowest BCUT2D eigenvalue weighted by Crippen LogP contribution is -2.52. The molecule has 4 rings (SSSR count). The van der Waals surface area contributed by atoms with Crippen LogP contribution in [-0.4, -0.2) is 44.8 Å². The lowest BCUT2D eigenvalue weighted by atomic mass is 9.91. The maximum Gasteiger partial charge on any atom is 0.344 e. The summed E-state index contributed by atoms with van der Waals surface area (Å²) in [5, 5.41) is 21.4. The molecule has 11 heteroatoms. The molecular formula is C28H27N5O6. The predicted octanol–water partition coefficient (Wildman–Crippen LogP) is 3.51. The number of para-hydroxylation sites is 1. The summed E-state index contributed by atoms with van der Waals surface area (Å²) in [4.78, 5) is 51.8. The minimum atomic E-state index is -1.56. The monoisotopic (exact) mass is 529 g/mol. The summed E-state index contributed by atoms with van der Waals surface area (Å²) in [5.41, 5.74) is 5.12. The first-order valence-corrected chi connectivity index (χ1v) is 12.0. The number of imide groups is 1. The zero-order chi connectivity index (χ0) is 28.3. The van der Waals surface area contributed by atoms with Crippen molar-refractivity contribution in [2.75, 3.05) is 0 Å². The molecule has 200 valence electrons. The number of hydrogen-bond donors (Lipinski definition) is 4. The third kappa shape index (κ3) is 5.42. The Bertz CT molecular complexity index is 1440. The number of benzene rings is 3. The van der Waals surface area contributed by atoms with Crippen molar-refractivity contribution in [1.29, 1.82) is 5.41 Å². The van der Waals surface area contributed by atoms with Gasteiger partial charge in [0.2, 0.25) is 5.91 Å². The molecule has 0 spiro atoms. The van der Waals surface area contributed by atoms with E-state index in [1.54, 1.807) is 72.8 Å². The average molecular weight is 530 g/mol. The number of aliphatic carboxylic acids is 1. The number of carboxylic acid groups (broad SMARTS) is 1. The number of nitrogens with one attached hydrogen (secondary N) is 2. The van der Waals surface area contributed by atoms with Crippen LogP contribution < -0.4 is 15.8 Å². The lowest BCUT2D eigenvalue weighted by Gasteiger charge is -2.35. The van der Waals surface area contributed by atoms with Gasteiger partial charge in [0.05, 0.1) is 12.5 Å². The van der Waals surface area contributed by atoms with E-state index in [4.69, 9.17) is 15.9 Å². The molecule has 1 fully saturated rings. The van der Waals surface area contributed by atoms with E-state index in [-0.39, 0.29) is 5.84 Å². The number of amides is 4. The highest BCUT2D eigenvalue weighted by Gasteiger charge is 2.53. The van der Waals surface area contributed by atoms with Crippen LogP contribution in [0.4, 0.5) is 4.79 Å². The third-order valence-electron chi connectivity index (χ3n) is 6.37. The summed E-state index contributed by atoms with van der Waals surface area (Å²) in [7, 11) is 0. The predicted molar refractivity (Wildman–Crippen MR) is 141 cm³/mol. The van der Waals surface area contributed by atoms with Crippen molar-refractivity contribution in [3.63, 3.8) is 0 Å². The Morgan fingerprint density at radius 3 is 2.28 bits per heavy atom. The molecule has 4 amide bonds. The summed E-state index contributed by atoms with van der Waals surface area (Å²) < 4.78 is 5.86. The number of nitrogens with two attached hydrogens (primary N) is 1. The number of hydrogen-bond acceptors (Lipinski definition) is 6. The number of nitrogen functional groups attached to an aromatic ring is 1. The number of carbonyl (C=O) groups is 4. The molecule has 3 aromatic rings. The second-order valence-electron chi connectivity index (χ2n) is 9.13. The van der Waals surface area contributed by atoms with Gasteiger partial charge in [-0.3, -0.25) is 19.8 Å². The molecule has 2 atom stereocenters. The summed E-state index contributed by atoms with van der Waals surface area (Å²) in [5.74, 6) is -1.96. The highest BCUT2D eigenvalue weighted by molar-refractivity contribution is 6.08. The lowest BCUT2D eigenvalue weighted by molar-refractivity contribution is -0.162.